The predicted octanol–water partition coefficient (Wildman–Crippen LogP) is 2.43. The maximum atomic E-state index is 12.4. The van der Waals surface area contributed by atoms with Crippen LogP contribution >= 0.6 is 23.2 Å². The molecule has 0 atom stereocenters. The lowest BCUT2D eigenvalue weighted by Gasteiger charge is -2.36. The lowest BCUT2D eigenvalue weighted by molar-refractivity contribution is -0.132. The number of hydrogen-bond donors (Lipinski definition) is 1. The van der Waals surface area contributed by atoms with Crippen LogP contribution in [0.3, 0.4) is 0 Å². The summed E-state index contributed by atoms with van der Waals surface area (Å²) in [5.41, 5.74) is 0. The number of anilines is 1. The van der Waals surface area contributed by atoms with Crippen molar-refractivity contribution in [1.29, 1.82) is 0 Å². The third-order valence-corrected chi connectivity index (χ3v) is 5.13. The van der Waals surface area contributed by atoms with Gasteiger partial charge in [0.15, 0.2) is 0 Å². The van der Waals surface area contributed by atoms with E-state index >= 15 is 0 Å². The summed E-state index contributed by atoms with van der Waals surface area (Å²) >= 11 is 12.1. The van der Waals surface area contributed by atoms with Gasteiger partial charge in [-0.15, -0.1) is 0 Å². The van der Waals surface area contributed by atoms with Crippen molar-refractivity contribution in [2.75, 3.05) is 44.2 Å². The minimum Gasteiger partial charge on any atom is -0.352 e. The maximum Gasteiger partial charge on any atom is 0.222 e. The van der Waals surface area contributed by atoms with Crippen LogP contribution in [0.1, 0.15) is 19.3 Å². The van der Waals surface area contributed by atoms with E-state index in [1.165, 1.54) is 0 Å². The molecule has 3 heterocycles. The smallest absolute Gasteiger partial charge is 0.222 e. The minimum absolute atomic E-state index is 0.284. The average molecular weight is 357 g/mol. The van der Waals surface area contributed by atoms with Crippen molar-refractivity contribution >= 4 is 34.9 Å². The highest BCUT2D eigenvalue weighted by molar-refractivity contribution is 6.36. The number of aromatic nitrogens is 1. The SMILES string of the molecule is O=C(CC1CCNCC1)N1CCN(c2ncc(Cl)cc2Cl)CC1. The van der Waals surface area contributed by atoms with Gasteiger partial charge < -0.3 is 15.1 Å². The molecular weight excluding hydrogens is 335 g/mol. The number of nitrogens with zero attached hydrogens (tertiary/aromatic N) is 3. The Morgan fingerprint density at radius 2 is 1.91 bits per heavy atom. The van der Waals surface area contributed by atoms with Crippen LogP contribution in [0.2, 0.25) is 10.0 Å². The molecular formula is C16H22Cl2N4O. The van der Waals surface area contributed by atoms with Gasteiger partial charge >= 0.3 is 0 Å². The molecule has 3 rings (SSSR count). The minimum atomic E-state index is 0.284. The molecule has 7 heteroatoms. The van der Waals surface area contributed by atoms with Crippen molar-refractivity contribution in [2.45, 2.75) is 19.3 Å². The first-order valence-electron chi connectivity index (χ1n) is 8.18. The van der Waals surface area contributed by atoms with Gasteiger partial charge in [-0.25, -0.2) is 4.98 Å². The molecule has 5 nitrogen and oxygen atoms in total. The Balaban J connectivity index is 1.52. The summed E-state index contributed by atoms with van der Waals surface area (Å²) in [6, 6.07) is 1.71. The number of piperazine rings is 1. The second-order valence-corrected chi connectivity index (χ2v) is 7.07. The van der Waals surface area contributed by atoms with Crippen LogP contribution in [0.25, 0.3) is 0 Å². The fourth-order valence-corrected chi connectivity index (χ4v) is 3.77. The Labute approximate surface area is 146 Å². The fourth-order valence-electron chi connectivity index (χ4n) is 3.27. The van der Waals surface area contributed by atoms with Crippen molar-refractivity contribution in [2.24, 2.45) is 5.92 Å². The van der Waals surface area contributed by atoms with E-state index in [0.717, 1.165) is 57.9 Å². The average Bonchev–Trinajstić information content (AvgIpc) is 2.56. The van der Waals surface area contributed by atoms with Crippen molar-refractivity contribution in [1.82, 2.24) is 15.2 Å². The molecule has 2 saturated heterocycles. The van der Waals surface area contributed by atoms with E-state index in [1.807, 2.05) is 4.90 Å². The lowest BCUT2D eigenvalue weighted by Crippen LogP contribution is -2.49. The van der Waals surface area contributed by atoms with E-state index in [1.54, 1.807) is 12.3 Å². The topological polar surface area (TPSA) is 48.5 Å². The molecule has 1 N–H and O–H groups in total. The zero-order valence-electron chi connectivity index (χ0n) is 13.1. The van der Waals surface area contributed by atoms with E-state index in [-0.39, 0.29) is 5.91 Å². The largest absolute Gasteiger partial charge is 0.352 e. The number of halogens is 2. The second kappa shape index (κ2) is 7.69. The van der Waals surface area contributed by atoms with Gasteiger partial charge in [-0.05, 0) is 37.9 Å². The standard InChI is InChI=1S/C16H22Cl2N4O/c17-13-10-14(18)16(20-11-13)22-7-5-21(6-8-22)15(23)9-12-1-3-19-4-2-12/h10-12,19H,1-9H2. The third kappa shape index (κ3) is 4.28. The highest BCUT2D eigenvalue weighted by atomic mass is 35.5. The van der Waals surface area contributed by atoms with Crippen LogP contribution in [-0.2, 0) is 4.79 Å². The molecule has 2 aliphatic heterocycles. The van der Waals surface area contributed by atoms with Gasteiger partial charge in [0.1, 0.15) is 5.82 Å². The number of carbonyl (C=O) groups is 1. The first kappa shape index (κ1) is 16.8. The zero-order chi connectivity index (χ0) is 16.2. The predicted molar refractivity (Wildman–Crippen MR) is 93.3 cm³/mol. The van der Waals surface area contributed by atoms with E-state index < -0.39 is 0 Å². The molecule has 0 bridgehead atoms. The van der Waals surface area contributed by atoms with Crippen LogP contribution < -0.4 is 10.2 Å². The number of hydrogen-bond acceptors (Lipinski definition) is 4. The Kier molecular flexibility index (Phi) is 5.62. The summed E-state index contributed by atoms with van der Waals surface area (Å²) in [7, 11) is 0. The van der Waals surface area contributed by atoms with Gasteiger partial charge in [-0.3, -0.25) is 4.79 Å². The molecule has 1 aromatic heterocycles. The van der Waals surface area contributed by atoms with Crippen molar-refractivity contribution in [3.8, 4) is 0 Å². The number of piperidine rings is 1. The van der Waals surface area contributed by atoms with Gasteiger partial charge in [0, 0.05) is 38.8 Å². The highest BCUT2D eigenvalue weighted by Crippen LogP contribution is 2.27. The third-order valence-electron chi connectivity index (χ3n) is 4.64. The molecule has 126 valence electrons. The summed E-state index contributed by atoms with van der Waals surface area (Å²) in [6.45, 7) is 5.03. The maximum absolute atomic E-state index is 12.4. The van der Waals surface area contributed by atoms with Crippen LogP contribution in [-0.4, -0.2) is 55.1 Å². The summed E-state index contributed by atoms with van der Waals surface area (Å²) in [6.07, 6.45) is 4.51. The van der Waals surface area contributed by atoms with Crippen molar-refractivity contribution in [3.05, 3.63) is 22.3 Å². The molecule has 0 radical (unpaired) electrons. The van der Waals surface area contributed by atoms with E-state index in [2.05, 4.69) is 15.2 Å². The van der Waals surface area contributed by atoms with E-state index in [4.69, 9.17) is 23.2 Å². The summed E-state index contributed by atoms with van der Waals surface area (Å²) < 4.78 is 0. The van der Waals surface area contributed by atoms with Gasteiger partial charge in [0.2, 0.25) is 5.91 Å². The lowest BCUT2D eigenvalue weighted by atomic mass is 9.94. The Morgan fingerprint density at radius 1 is 1.22 bits per heavy atom. The highest BCUT2D eigenvalue weighted by Gasteiger charge is 2.25. The second-order valence-electron chi connectivity index (χ2n) is 6.22. The Bertz CT molecular complexity index is 555. The monoisotopic (exact) mass is 356 g/mol. The molecule has 1 aromatic rings. The number of nitrogens with one attached hydrogen (secondary N) is 1. The molecule has 0 spiro atoms. The van der Waals surface area contributed by atoms with Crippen LogP contribution in [0.15, 0.2) is 12.3 Å². The molecule has 0 aliphatic carbocycles. The number of amides is 1. The van der Waals surface area contributed by atoms with E-state index in [0.29, 0.717) is 22.4 Å². The molecule has 1 amide bonds. The molecule has 2 fully saturated rings. The molecule has 0 aromatic carbocycles. The van der Waals surface area contributed by atoms with Crippen LogP contribution in [0, 0.1) is 5.92 Å². The summed E-state index contributed by atoms with van der Waals surface area (Å²) in [5, 5.41) is 4.44. The van der Waals surface area contributed by atoms with Gasteiger partial charge in [-0.1, -0.05) is 23.2 Å². The summed E-state index contributed by atoms with van der Waals surface area (Å²) in [5.74, 6) is 1.57. The first-order chi connectivity index (χ1) is 11.1. The molecule has 23 heavy (non-hydrogen) atoms. The molecule has 0 saturated carbocycles. The summed E-state index contributed by atoms with van der Waals surface area (Å²) in [4.78, 5) is 20.9. The van der Waals surface area contributed by atoms with Gasteiger partial charge in [-0.2, -0.15) is 0 Å². The van der Waals surface area contributed by atoms with Crippen LogP contribution in [0.4, 0.5) is 5.82 Å². The fraction of sp³-hybridized carbons (Fsp3) is 0.625. The number of pyridine rings is 1. The Hall–Kier alpha value is -1.04. The van der Waals surface area contributed by atoms with Gasteiger partial charge in [0.05, 0.1) is 10.0 Å². The first-order valence-corrected chi connectivity index (χ1v) is 8.93. The quantitative estimate of drug-likeness (QED) is 0.903. The van der Waals surface area contributed by atoms with Crippen molar-refractivity contribution in [3.63, 3.8) is 0 Å². The molecule has 2 aliphatic rings. The number of rotatable bonds is 3. The Morgan fingerprint density at radius 3 is 2.57 bits per heavy atom. The number of carbonyl (C=O) groups excluding carboxylic acids is 1. The van der Waals surface area contributed by atoms with Crippen molar-refractivity contribution < 1.29 is 4.79 Å². The normalized spacial score (nSPS) is 19.9. The zero-order valence-corrected chi connectivity index (χ0v) is 14.6. The molecule has 0 unspecified atom stereocenters. The van der Waals surface area contributed by atoms with Crippen LogP contribution in [0.5, 0.6) is 0 Å². The van der Waals surface area contributed by atoms with E-state index in [9.17, 15) is 4.79 Å². The van der Waals surface area contributed by atoms with Gasteiger partial charge in [0.25, 0.3) is 0 Å².